The molecule has 1 aliphatic heterocycles. The minimum atomic E-state index is -0.132. The Balaban J connectivity index is 1.37. The summed E-state index contributed by atoms with van der Waals surface area (Å²) in [5.41, 5.74) is 1.13. The number of nitrogens with zero attached hydrogens (tertiary/aromatic N) is 6. The maximum absolute atomic E-state index is 13.5. The van der Waals surface area contributed by atoms with E-state index in [1.807, 2.05) is 35.2 Å². The first-order valence-electron chi connectivity index (χ1n) is 11.4. The third-order valence-corrected chi connectivity index (χ3v) is 7.08. The number of aryl methyl sites for hydroxylation is 1. The molecule has 33 heavy (non-hydrogen) atoms. The van der Waals surface area contributed by atoms with Crippen LogP contribution in [0.15, 0.2) is 47.4 Å². The average molecular weight is 463 g/mol. The molecule has 8 nitrogen and oxygen atoms in total. The minimum absolute atomic E-state index is 0.124. The van der Waals surface area contributed by atoms with Gasteiger partial charge in [0.15, 0.2) is 10.8 Å². The lowest BCUT2D eigenvalue weighted by molar-refractivity contribution is 0.0740. The highest BCUT2D eigenvalue weighted by atomic mass is 32.1. The van der Waals surface area contributed by atoms with Crippen LogP contribution in [-0.2, 0) is 6.54 Å². The first kappa shape index (κ1) is 21.5. The van der Waals surface area contributed by atoms with Gasteiger partial charge in [0.1, 0.15) is 10.3 Å². The van der Waals surface area contributed by atoms with Gasteiger partial charge in [0, 0.05) is 44.3 Å². The first-order valence-corrected chi connectivity index (χ1v) is 12.2. The third-order valence-electron chi connectivity index (χ3n) is 6.04. The Morgan fingerprint density at radius 3 is 2.58 bits per heavy atom. The summed E-state index contributed by atoms with van der Waals surface area (Å²) in [5.74, 6) is -0.124. The Labute approximate surface area is 195 Å². The number of unbranched alkanes of at least 4 members (excludes halogenated alkanes) is 2. The van der Waals surface area contributed by atoms with Gasteiger partial charge in [0.25, 0.3) is 11.5 Å². The van der Waals surface area contributed by atoms with E-state index in [-0.39, 0.29) is 11.5 Å². The van der Waals surface area contributed by atoms with Crippen LogP contribution < -0.4 is 10.5 Å². The summed E-state index contributed by atoms with van der Waals surface area (Å²) in [6.45, 7) is 5.19. The summed E-state index contributed by atoms with van der Waals surface area (Å²) in [7, 11) is 0. The molecular formula is C24H26N6O2S. The lowest BCUT2D eigenvalue weighted by atomic mass is 10.1. The Morgan fingerprint density at radius 2 is 1.82 bits per heavy atom. The number of thiazole rings is 1. The number of pyridine rings is 1. The van der Waals surface area contributed by atoms with Crippen molar-refractivity contribution in [3.8, 4) is 0 Å². The van der Waals surface area contributed by atoms with Crippen molar-refractivity contribution >= 4 is 43.5 Å². The predicted molar refractivity (Wildman–Crippen MR) is 131 cm³/mol. The van der Waals surface area contributed by atoms with Crippen LogP contribution in [-0.4, -0.2) is 56.7 Å². The summed E-state index contributed by atoms with van der Waals surface area (Å²) in [6, 6.07) is 11.1. The Bertz CT molecular complexity index is 1320. The fourth-order valence-corrected chi connectivity index (χ4v) is 5.16. The predicted octanol–water partition coefficient (Wildman–Crippen LogP) is 3.55. The zero-order valence-electron chi connectivity index (χ0n) is 18.6. The standard InChI is InChI=1S/C24H26N6O2S/c1-2-3-6-12-30-22(31)18-9-5-4-8-17(18)20(27-30)23(32)28-13-15-29(16-14-28)24-26-19-10-7-11-25-21(19)33-24/h4-5,7-11H,2-3,6,12-16H2,1H3. The number of amides is 1. The summed E-state index contributed by atoms with van der Waals surface area (Å²) in [6.07, 6.45) is 4.72. The second-order valence-electron chi connectivity index (χ2n) is 8.23. The molecule has 1 amide bonds. The molecule has 170 valence electrons. The monoisotopic (exact) mass is 462 g/mol. The van der Waals surface area contributed by atoms with Gasteiger partial charge in [-0.05, 0) is 24.6 Å². The van der Waals surface area contributed by atoms with E-state index in [2.05, 4.69) is 21.9 Å². The van der Waals surface area contributed by atoms with E-state index in [0.717, 1.165) is 34.7 Å². The van der Waals surface area contributed by atoms with E-state index < -0.39 is 0 Å². The van der Waals surface area contributed by atoms with Gasteiger partial charge in [-0.2, -0.15) is 5.10 Å². The van der Waals surface area contributed by atoms with E-state index in [9.17, 15) is 9.59 Å². The lowest BCUT2D eigenvalue weighted by Gasteiger charge is -2.34. The van der Waals surface area contributed by atoms with Crippen LogP contribution >= 0.6 is 11.3 Å². The highest BCUT2D eigenvalue weighted by Crippen LogP contribution is 2.28. The van der Waals surface area contributed by atoms with E-state index in [1.54, 1.807) is 23.6 Å². The summed E-state index contributed by atoms with van der Waals surface area (Å²) in [4.78, 5) is 40.4. The molecule has 1 fully saturated rings. The number of carbonyl (C=O) groups excluding carboxylic acids is 1. The maximum atomic E-state index is 13.5. The van der Waals surface area contributed by atoms with E-state index in [4.69, 9.17) is 4.98 Å². The number of rotatable bonds is 6. The number of piperazine rings is 1. The number of benzene rings is 1. The van der Waals surface area contributed by atoms with Gasteiger partial charge in [0.2, 0.25) is 0 Å². The zero-order valence-corrected chi connectivity index (χ0v) is 19.4. The molecule has 3 aromatic heterocycles. The van der Waals surface area contributed by atoms with E-state index in [0.29, 0.717) is 49.2 Å². The largest absolute Gasteiger partial charge is 0.344 e. The van der Waals surface area contributed by atoms with Gasteiger partial charge in [-0.3, -0.25) is 9.59 Å². The smallest absolute Gasteiger partial charge is 0.275 e. The van der Waals surface area contributed by atoms with Crippen molar-refractivity contribution in [1.29, 1.82) is 0 Å². The molecule has 0 unspecified atom stereocenters. The van der Waals surface area contributed by atoms with Crippen LogP contribution in [0.5, 0.6) is 0 Å². The molecule has 9 heteroatoms. The molecule has 0 bridgehead atoms. The van der Waals surface area contributed by atoms with Crippen molar-refractivity contribution in [2.45, 2.75) is 32.7 Å². The molecule has 0 radical (unpaired) electrons. The normalized spacial score (nSPS) is 14.3. The molecule has 0 saturated carbocycles. The SMILES string of the molecule is CCCCCn1nc(C(=O)N2CCN(c3nc4cccnc4s3)CC2)c2ccccc2c1=O. The van der Waals surface area contributed by atoms with Crippen molar-refractivity contribution in [3.05, 3.63) is 58.6 Å². The van der Waals surface area contributed by atoms with Crippen molar-refractivity contribution in [2.24, 2.45) is 0 Å². The van der Waals surface area contributed by atoms with Crippen molar-refractivity contribution in [2.75, 3.05) is 31.1 Å². The number of fused-ring (bicyclic) bond motifs is 2. The van der Waals surface area contributed by atoms with Crippen LogP contribution in [0.2, 0.25) is 0 Å². The average Bonchev–Trinajstić information content (AvgIpc) is 3.30. The molecule has 1 aliphatic rings. The second kappa shape index (κ2) is 9.27. The molecule has 4 heterocycles. The van der Waals surface area contributed by atoms with Gasteiger partial charge in [-0.15, -0.1) is 0 Å². The van der Waals surface area contributed by atoms with Crippen molar-refractivity contribution in [3.63, 3.8) is 0 Å². The van der Waals surface area contributed by atoms with Crippen molar-refractivity contribution < 1.29 is 4.79 Å². The molecule has 0 N–H and O–H groups in total. The fourth-order valence-electron chi connectivity index (χ4n) is 4.20. The summed E-state index contributed by atoms with van der Waals surface area (Å²) >= 11 is 1.57. The van der Waals surface area contributed by atoms with Gasteiger partial charge in [-0.1, -0.05) is 49.3 Å². The van der Waals surface area contributed by atoms with Crippen LogP contribution in [0, 0.1) is 0 Å². The van der Waals surface area contributed by atoms with Gasteiger partial charge < -0.3 is 9.80 Å². The highest BCUT2D eigenvalue weighted by molar-refractivity contribution is 7.21. The number of hydrogen-bond acceptors (Lipinski definition) is 7. The summed E-state index contributed by atoms with van der Waals surface area (Å²) in [5, 5.41) is 6.64. The topological polar surface area (TPSA) is 84.2 Å². The Hall–Kier alpha value is -3.33. The van der Waals surface area contributed by atoms with E-state index >= 15 is 0 Å². The van der Waals surface area contributed by atoms with Gasteiger partial charge in [0.05, 0.1) is 5.39 Å². The van der Waals surface area contributed by atoms with Crippen LogP contribution in [0.1, 0.15) is 36.7 Å². The third kappa shape index (κ3) is 4.20. The Kier molecular flexibility index (Phi) is 6.04. The molecule has 1 aromatic carbocycles. The fraction of sp³-hybridized carbons (Fsp3) is 0.375. The van der Waals surface area contributed by atoms with Crippen molar-refractivity contribution in [1.82, 2.24) is 24.6 Å². The Morgan fingerprint density at radius 1 is 1.03 bits per heavy atom. The molecule has 1 saturated heterocycles. The molecular weight excluding hydrogens is 436 g/mol. The number of carbonyl (C=O) groups is 1. The molecule has 0 atom stereocenters. The van der Waals surface area contributed by atoms with Gasteiger partial charge in [-0.25, -0.2) is 14.6 Å². The maximum Gasteiger partial charge on any atom is 0.275 e. The number of hydrogen-bond donors (Lipinski definition) is 0. The first-order chi connectivity index (χ1) is 16.2. The second-order valence-corrected chi connectivity index (χ2v) is 9.19. The minimum Gasteiger partial charge on any atom is -0.344 e. The van der Waals surface area contributed by atoms with E-state index in [1.165, 1.54) is 4.68 Å². The molecule has 0 aliphatic carbocycles. The van der Waals surface area contributed by atoms with Crippen LogP contribution in [0.3, 0.4) is 0 Å². The van der Waals surface area contributed by atoms with Gasteiger partial charge >= 0.3 is 0 Å². The quantitative estimate of drug-likeness (QED) is 0.408. The highest BCUT2D eigenvalue weighted by Gasteiger charge is 2.27. The molecule has 5 rings (SSSR count). The molecule has 0 spiro atoms. The van der Waals surface area contributed by atoms with Crippen LogP contribution in [0.25, 0.3) is 21.1 Å². The number of anilines is 1. The molecule has 4 aromatic rings. The zero-order chi connectivity index (χ0) is 22.8. The van der Waals surface area contributed by atoms with Crippen LogP contribution in [0.4, 0.5) is 5.13 Å². The summed E-state index contributed by atoms with van der Waals surface area (Å²) < 4.78 is 1.47. The lowest BCUT2D eigenvalue weighted by Crippen LogP contribution is -2.49. The number of aromatic nitrogens is 4.